The molecule has 0 aromatic heterocycles. The second kappa shape index (κ2) is 34.1. The molecule has 0 rings (SSSR count). The number of carbonyl (C=O) groups is 2. The first-order valence-corrected chi connectivity index (χ1v) is 20.0. The maximum absolute atomic E-state index is 12.5. The second-order valence-corrected chi connectivity index (χ2v) is 13.5. The number of rotatable bonds is 34. The van der Waals surface area contributed by atoms with Gasteiger partial charge in [-0.3, -0.25) is 18.6 Å². The SMILES string of the molecule is CCCCCC=CCC=CCC=CCCCCC(=O)OCC(COP(=O)(O)OCCN)OC(=O)CCCCCCCCCCCCC. The fourth-order valence-corrected chi connectivity index (χ4v) is 5.52. The molecule has 0 bridgehead atoms. The number of carbonyl (C=O) groups excluding carboxylic acids is 2. The maximum Gasteiger partial charge on any atom is 0.472 e. The molecular formula is C37H68NO8P. The Bertz CT molecular complexity index is 876. The minimum atomic E-state index is -4.37. The first kappa shape index (κ1) is 45.2. The monoisotopic (exact) mass is 685 g/mol. The molecule has 0 saturated carbocycles. The quantitative estimate of drug-likeness (QED) is 0.0294. The molecule has 0 aromatic carbocycles. The van der Waals surface area contributed by atoms with Gasteiger partial charge in [-0.05, 0) is 51.4 Å². The molecule has 3 N–H and O–H groups in total. The van der Waals surface area contributed by atoms with Crippen LogP contribution in [0.1, 0.15) is 155 Å². The van der Waals surface area contributed by atoms with Gasteiger partial charge in [0.05, 0.1) is 13.2 Å². The highest BCUT2D eigenvalue weighted by Gasteiger charge is 2.25. The molecule has 0 fully saturated rings. The second-order valence-electron chi connectivity index (χ2n) is 12.1. The fraction of sp³-hybridized carbons (Fsp3) is 0.784. The number of phosphoric ester groups is 1. The van der Waals surface area contributed by atoms with E-state index in [-0.39, 0.29) is 32.6 Å². The number of allylic oxidation sites excluding steroid dienone is 6. The number of hydrogen-bond donors (Lipinski definition) is 2. The van der Waals surface area contributed by atoms with Crippen LogP contribution < -0.4 is 5.73 Å². The van der Waals surface area contributed by atoms with Crippen molar-refractivity contribution in [2.24, 2.45) is 5.73 Å². The van der Waals surface area contributed by atoms with Crippen molar-refractivity contribution in [2.75, 3.05) is 26.4 Å². The Labute approximate surface area is 286 Å². The van der Waals surface area contributed by atoms with Crippen LogP contribution in [-0.4, -0.2) is 49.3 Å². The molecule has 47 heavy (non-hydrogen) atoms. The van der Waals surface area contributed by atoms with Crippen molar-refractivity contribution in [3.63, 3.8) is 0 Å². The predicted molar refractivity (Wildman–Crippen MR) is 192 cm³/mol. The third-order valence-electron chi connectivity index (χ3n) is 7.53. The fourth-order valence-electron chi connectivity index (χ4n) is 4.76. The summed E-state index contributed by atoms with van der Waals surface area (Å²) >= 11 is 0. The lowest BCUT2D eigenvalue weighted by Crippen LogP contribution is -2.29. The van der Waals surface area contributed by atoms with Crippen LogP contribution in [-0.2, 0) is 32.7 Å². The smallest absolute Gasteiger partial charge is 0.462 e. The summed E-state index contributed by atoms with van der Waals surface area (Å²) in [5.41, 5.74) is 5.32. The highest BCUT2D eigenvalue weighted by molar-refractivity contribution is 7.47. The number of unbranched alkanes of at least 4 members (excludes halogenated alkanes) is 15. The van der Waals surface area contributed by atoms with Crippen molar-refractivity contribution < 1.29 is 37.6 Å². The molecule has 2 unspecified atom stereocenters. The summed E-state index contributed by atoms with van der Waals surface area (Å²) in [5.74, 6) is -0.876. The molecule has 274 valence electrons. The summed E-state index contributed by atoms with van der Waals surface area (Å²) in [6.07, 6.45) is 34.6. The van der Waals surface area contributed by atoms with Gasteiger partial charge in [-0.25, -0.2) is 4.57 Å². The number of hydrogen-bond acceptors (Lipinski definition) is 8. The molecule has 0 heterocycles. The summed E-state index contributed by atoms with van der Waals surface area (Å²) in [6.45, 7) is 3.63. The van der Waals surface area contributed by atoms with Gasteiger partial charge >= 0.3 is 19.8 Å². The first-order chi connectivity index (χ1) is 22.8. The Hall–Kier alpha value is -1.77. The average Bonchev–Trinajstić information content (AvgIpc) is 3.05. The third-order valence-corrected chi connectivity index (χ3v) is 8.51. The summed E-state index contributed by atoms with van der Waals surface area (Å²) in [7, 11) is -4.37. The molecule has 0 aliphatic rings. The van der Waals surface area contributed by atoms with Crippen LogP contribution in [0.15, 0.2) is 36.5 Å². The van der Waals surface area contributed by atoms with E-state index in [0.29, 0.717) is 12.8 Å². The highest BCUT2D eigenvalue weighted by atomic mass is 31.2. The molecule has 9 nitrogen and oxygen atoms in total. The van der Waals surface area contributed by atoms with Crippen LogP contribution in [0.3, 0.4) is 0 Å². The van der Waals surface area contributed by atoms with E-state index < -0.39 is 32.5 Å². The van der Waals surface area contributed by atoms with Crippen molar-refractivity contribution in [2.45, 2.75) is 161 Å². The molecule has 0 saturated heterocycles. The van der Waals surface area contributed by atoms with Gasteiger partial charge in [0, 0.05) is 19.4 Å². The van der Waals surface area contributed by atoms with Crippen LogP contribution in [0, 0.1) is 0 Å². The van der Waals surface area contributed by atoms with Gasteiger partial charge in [0.1, 0.15) is 6.61 Å². The van der Waals surface area contributed by atoms with Crippen LogP contribution >= 0.6 is 7.82 Å². The highest BCUT2D eigenvalue weighted by Crippen LogP contribution is 2.43. The van der Waals surface area contributed by atoms with E-state index in [1.807, 2.05) is 0 Å². The van der Waals surface area contributed by atoms with Crippen molar-refractivity contribution in [3.8, 4) is 0 Å². The zero-order valence-corrected chi connectivity index (χ0v) is 30.7. The van der Waals surface area contributed by atoms with Gasteiger partial charge in [-0.2, -0.15) is 0 Å². The first-order valence-electron chi connectivity index (χ1n) is 18.5. The van der Waals surface area contributed by atoms with E-state index in [2.05, 4.69) is 50.3 Å². The lowest BCUT2D eigenvalue weighted by Gasteiger charge is -2.19. The Morgan fingerprint density at radius 1 is 0.638 bits per heavy atom. The van der Waals surface area contributed by atoms with E-state index in [1.54, 1.807) is 0 Å². The Kier molecular flexibility index (Phi) is 32.8. The van der Waals surface area contributed by atoms with Crippen molar-refractivity contribution >= 4 is 19.8 Å². The van der Waals surface area contributed by atoms with Crippen molar-refractivity contribution in [1.29, 1.82) is 0 Å². The topological polar surface area (TPSA) is 134 Å². The van der Waals surface area contributed by atoms with E-state index in [1.165, 1.54) is 64.2 Å². The Balaban J connectivity index is 4.31. The number of ether oxygens (including phenoxy) is 2. The molecule has 10 heteroatoms. The minimum absolute atomic E-state index is 0.0485. The number of nitrogens with two attached hydrogens (primary N) is 1. The van der Waals surface area contributed by atoms with Crippen LogP contribution in [0.2, 0.25) is 0 Å². The molecule has 0 amide bonds. The molecule has 2 atom stereocenters. The largest absolute Gasteiger partial charge is 0.472 e. The normalized spacial score (nSPS) is 13.9. The standard InChI is InChI=1S/C37H68NO8P/c1-3-5-7-9-11-13-15-16-17-18-20-21-23-25-27-29-36(39)43-33-35(34-45-47(41,42)44-32-31-38)46-37(40)30-28-26-24-22-19-14-12-10-8-6-4-2/h11,13,16-17,20-21,35H,3-10,12,14-15,18-19,22-34,38H2,1-2H3,(H,41,42). The lowest BCUT2D eigenvalue weighted by atomic mass is 10.1. The average molecular weight is 686 g/mol. The van der Waals surface area contributed by atoms with Gasteiger partial charge in [-0.1, -0.05) is 127 Å². The van der Waals surface area contributed by atoms with E-state index in [9.17, 15) is 19.0 Å². The summed E-state index contributed by atoms with van der Waals surface area (Å²) < 4.78 is 32.5. The molecule has 0 aromatic rings. The zero-order valence-electron chi connectivity index (χ0n) is 29.8. The third kappa shape index (κ3) is 33.9. The zero-order chi connectivity index (χ0) is 34.7. The van der Waals surface area contributed by atoms with Gasteiger partial charge in [0.2, 0.25) is 0 Å². The van der Waals surface area contributed by atoms with E-state index in [0.717, 1.165) is 51.4 Å². The maximum atomic E-state index is 12.5. The minimum Gasteiger partial charge on any atom is -0.462 e. The van der Waals surface area contributed by atoms with Crippen LogP contribution in [0.25, 0.3) is 0 Å². The van der Waals surface area contributed by atoms with Crippen LogP contribution in [0.4, 0.5) is 0 Å². The summed E-state index contributed by atoms with van der Waals surface area (Å²) in [6, 6.07) is 0. The molecule has 0 radical (unpaired) electrons. The lowest BCUT2D eigenvalue weighted by molar-refractivity contribution is -0.161. The Morgan fingerprint density at radius 3 is 1.68 bits per heavy atom. The number of phosphoric acid groups is 1. The van der Waals surface area contributed by atoms with Gasteiger partial charge in [0.15, 0.2) is 6.10 Å². The van der Waals surface area contributed by atoms with Gasteiger partial charge < -0.3 is 20.1 Å². The predicted octanol–water partition coefficient (Wildman–Crippen LogP) is 9.82. The van der Waals surface area contributed by atoms with Crippen molar-refractivity contribution in [1.82, 2.24) is 0 Å². The van der Waals surface area contributed by atoms with Crippen molar-refractivity contribution in [3.05, 3.63) is 36.5 Å². The molecule has 0 aliphatic heterocycles. The molecular weight excluding hydrogens is 617 g/mol. The Morgan fingerprint density at radius 2 is 1.11 bits per heavy atom. The van der Waals surface area contributed by atoms with E-state index in [4.69, 9.17) is 24.3 Å². The van der Waals surface area contributed by atoms with E-state index >= 15 is 0 Å². The van der Waals surface area contributed by atoms with Gasteiger partial charge in [0.25, 0.3) is 0 Å². The van der Waals surface area contributed by atoms with Crippen LogP contribution in [0.5, 0.6) is 0 Å². The summed E-state index contributed by atoms with van der Waals surface area (Å²) in [5, 5.41) is 0. The molecule has 0 aliphatic carbocycles. The number of esters is 2. The van der Waals surface area contributed by atoms with Gasteiger partial charge in [-0.15, -0.1) is 0 Å². The molecule has 0 spiro atoms. The summed E-state index contributed by atoms with van der Waals surface area (Å²) in [4.78, 5) is 34.6.